The molecule has 0 saturated carbocycles. The summed E-state index contributed by atoms with van der Waals surface area (Å²) in [5, 5.41) is 9.52. The van der Waals surface area contributed by atoms with Crippen molar-refractivity contribution < 1.29 is 19.4 Å². The normalized spacial score (nSPS) is 10.5. The number of carboxylic acids is 1. The highest BCUT2D eigenvalue weighted by Gasteiger charge is 2.02. The van der Waals surface area contributed by atoms with Gasteiger partial charge in [0.1, 0.15) is 0 Å². The van der Waals surface area contributed by atoms with Crippen LogP contribution in [0.3, 0.4) is 0 Å². The molecule has 0 aliphatic carbocycles. The van der Waals surface area contributed by atoms with Gasteiger partial charge in [-0.05, 0) is 18.6 Å². The summed E-state index contributed by atoms with van der Waals surface area (Å²) in [6.45, 7) is 2.06. The second-order valence-electron chi connectivity index (χ2n) is 3.50. The summed E-state index contributed by atoms with van der Waals surface area (Å²) in [4.78, 5) is 14.7. The van der Waals surface area contributed by atoms with Crippen LogP contribution in [0.25, 0.3) is 0 Å². The van der Waals surface area contributed by atoms with E-state index >= 15 is 0 Å². The molecular formula is C12H17NO4S. The van der Waals surface area contributed by atoms with E-state index in [0.717, 1.165) is 17.2 Å². The van der Waals surface area contributed by atoms with E-state index in [9.17, 15) is 4.79 Å². The minimum atomic E-state index is -0.958. The molecule has 1 N–H and O–H groups in total. The van der Waals surface area contributed by atoms with Crippen LogP contribution < -0.4 is 0 Å². The number of hydrogen-bond acceptors (Lipinski definition) is 5. The van der Waals surface area contributed by atoms with Gasteiger partial charge in [-0.15, -0.1) is 11.8 Å². The van der Waals surface area contributed by atoms with Crippen molar-refractivity contribution in [2.45, 2.75) is 11.4 Å². The zero-order valence-corrected chi connectivity index (χ0v) is 11.1. The van der Waals surface area contributed by atoms with Crippen molar-refractivity contribution in [3.05, 3.63) is 23.9 Å². The maximum atomic E-state index is 10.6. The van der Waals surface area contributed by atoms with E-state index in [-0.39, 0.29) is 5.56 Å². The quantitative estimate of drug-likeness (QED) is 0.546. The number of ether oxygens (including phenoxy) is 2. The number of rotatable bonds is 9. The highest BCUT2D eigenvalue weighted by molar-refractivity contribution is 7.99. The Hall–Kier alpha value is -1.11. The van der Waals surface area contributed by atoms with Crippen LogP contribution in [-0.2, 0) is 9.47 Å². The topological polar surface area (TPSA) is 68.7 Å². The molecule has 0 aliphatic rings. The molecule has 0 amide bonds. The molecular weight excluding hydrogens is 254 g/mol. The van der Waals surface area contributed by atoms with Gasteiger partial charge in [0.25, 0.3) is 0 Å². The highest BCUT2D eigenvalue weighted by Crippen LogP contribution is 2.14. The van der Waals surface area contributed by atoms with Crippen LogP contribution in [0.2, 0.25) is 0 Å². The lowest BCUT2D eigenvalue weighted by Crippen LogP contribution is -2.02. The van der Waals surface area contributed by atoms with E-state index in [1.54, 1.807) is 31.0 Å². The molecule has 0 aromatic carbocycles. The van der Waals surface area contributed by atoms with Crippen LogP contribution >= 0.6 is 11.8 Å². The van der Waals surface area contributed by atoms with Crippen molar-refractivity contribution in [1.82, 2.24) is 4.98 Å². The molecule has 6 heteroatoms. The number of thioether (sulfide) groups is 1. The van der Waals surface area contributed by atoms with Crippen molar-refractivity contribution in [2.24, 2.45) is 0 Å². The van der Waals surface area contributed by atoms with E-state index in [1.165, 1.54) is 6.20 Å². The molecule has 0 aliphatic heterocycles. The lowest BCUT2D eigenvalue weighted by Gasteiger charge is -2.03. The summed E-state index contributed by atoms with van der Waals surface area (Å²) in [5.74, 6) is -0.160. The van der Waals surface area contributed by atoms with E-state index in [4.69, 9.17) is 14.6 Å². The lowest BCUT2D eigenvalue weighted by molar-refractivity contribution is 0.0696. The van der Waals surface area contributed by atoms with E-state index in [2.05, 4.69) is 4.98 Å². The van der Waals surface area contributed by atoms with Gasteiger partial charge < -0.3 is 14.6 Å². The third-order valence-corrected chi connectivity index (χ3v) is 3.01. The van der Waals surface area contributed by atoms with Crippen LogP contribution in [0.15, 0.2) is 23.4 Å². The molecule has 0 bridgehead atoms. The molecule has 0 fully saturated rings. The predicted octanol–water partition coefficient (Wildman–Crippen LogP) is 1.93. The van der Waals surface area contributed by atoms with Gasteiger partial charge in [0, 0.05) is 32.3 Å². The average molecular weight is 271 g/mol. The Labute approximate surface area is 111 Å². The molecule has 0 saturated heterocycles. The number of pyridine rings is 1. The first kappa shape index (κ1) is 14.9. The molecule has 1 heterocycles. The highest BCUT2D eigenvalue weighted by atomic mass is 32.2. The van der Waals surface area contributed by atoms with Gasteiger partial charge in [0.05, 0.1) is 17.2 Å². The van der Waals surface area contributed by atoms with Gasteiger partial charge in [0.2, 0.25) is 0 Å². The molecule has 0 atom stereocenters. The standard InChI is InChI=1S/C12H17NO4S/c1-16-5-2-6-17-7-8-18-11-4-3-10(9-13-11)12(14)15/h3-4,9H,2,5-8H2,1H3,(H,14,15). The van der Waals surface area contributed by atoms with Crippen molar-refractivity contribution in [2.75, 3.05) is 32.7 Å². The third-order valence-electron chi connectivity index (χ3n) is 2.10. The number of carboxylic acid groups (broad SMARTS) is 1. The van der Waals surface area contributed by atoms with Crippen LogP contribution in [0.4, 0.5) is 0 Å². The Kier molecular flexibility index (Phi) is 7.40. The second kappa shape index (κ2) is 8.91. The summed E-state index contributed by atoms with van der Waals surface area (Å²) in [5.41, 5.74) is 0.204. The minimum Gasteiger partial charge on any atom is -0.478 e. The number of aromatic nitrogens is 1. The fraction of sp³-hybridized carbons (Fsp3) is 0.500. The second-order valence-corrected chi connectivity index (χ2v) is 4.61. The van der Waals surface area contributed by atoms with Gasteiger partial charge in [-0.25, -0.2) is 9.78 Å². The molecule has 1 aromatic rings. The first-order valence-electron chi connectivity index (χ1n) is 5.63. The van der Waals surface area contributed by atoms with Gasteiger partial charge in [-0.2, -0.15) is 0 Å². The molecule has 0 unspecified atom stereocenters. The number of methoxy groups -OCH3 is 1. The average Bonchev–Trinajstić information content (AvgIpc) is 2.38. The fourth-order valence-corrected chi connectivity index (χ4v) is 1.91. The minimum absolute atomic E-state index is 0.204. The largest absolute Gasteiger partial charge is 0.478 e. The maximum absolute atomic E-state index is 10.6. The van der Waals surface area contributed by atoms with Crippen molar-refractivity contribution in [3.8, 4) is 0 Å². The van der Waals surface area contributed by atoms with E-state index in [0.29, 0.717) is 19.8 Å². The zero-order valence-electron chi connectivity index (χ0n) is 10.3. The van der Waals surface area contributed by atoms with Crippen LogP contribution in [-0.4, -0.2) is 48.7 Å². The molecule has 5 nitrogen and oxygen atoms in total. The van der Waals surface area contributed by atoms with Gasteiger partial charge in [0.15, 0.2) is 0 Å². The summed E-state index contributed by atoms with van der Waals surface area (Å²) >= 11 is 1.54. The van der Waals surface area contributed by atoms with Crippen molar-refractivity contribution in [3.63, 3.8) is 0 Å². The summed E-state index contributed by atoms with van der Waals surface area (Å²) in [7, 11) is 1.67. The Morgan fingerprint density at radius 2 is 2.22 bits per heavy atom. The first-order chi connectivity index (χ1) is 8.74. The summed E-state index contributed by atoms with van der Waals surface area (Å²) in [6.07, 6.45) is 2.26. The maximum Gasteiger partial charge on any atom is 0.337 e. The number of aromatic carboxylic acids is 1. The summed E-state index contributed by atoms with van der Waals surface area (Å²) < 4.78 is 10.3. The van der Waals surface area contributed by atoms with Crippen molar-refractivity contribution >= 4 is 17.7 Å². The van der Waals surface area contributed by atoms with Crippen LogP contribution in [0, 0.1) is 0 Å². The number of carbonyl (C=O) groups is 1. The molecule has 1 aromatic heterocycles. The fourth-order valence-electron chi connectivity index (χ4n) is 1.20. The third kappa shape index (κ3) is 6.00. The SMILES string of the molecule is COCCCOCCSc1ccc(C(=O)O)cn1. The summed E-state index contributed by atoms with van der Waals surface area (Å²) in [6, 6.07) is 3.26. The Morgan fingerprint density at radius 3 is 2.83 bits per heavy atom. The molecule has 1 rings (SSSR count). The molecule has 0 spiro atoms. The number of hydrogen-bond donors (Lipinski definition) is 1. The van der Waals surface area contributed by atoms with Gasteiger partial charge in [-0.1, -0.05) is 0 Å². The van der Waals surface area contributed by atoms with E-state index < -0.39 is 5.97 Å². The van der Waals surface area contributed by atoms with Gasteiger partial charge >= 0.3 is 5.97 Å². The first-order valence-corrected chi connectivity index (χ1v) is 6.61. The Balaban J connectivity index is 2.14. The molecule has 100 valence electrons. The Bertz CT molecular complexity index is 356. The zero-order chi connectivity index (χ0) is 13.2. The van der Waals surface area contributed by atoms with Crippen LogP contribution in [0.5, 0.6) is 0 Å². The van der Waals surface area contributed by atoms with Crippen LogP contribution in [0.1, 0.15) is 16.8 Å². The molecule has 18 heavy (non-hydrogen) atoms. The lowest BCUT2D eigenvalue weighted by atomic mass is 10.3. The van der Waals surface area contributed by atoms with Gasteiger partial charge in [-0.3, -0.25) is 0 Å². The number of nitrogens with zero attached hydrogens (tertiary/aromatic N) is 1. The van der Waals surface area contributed by atoms with E-state index in [1.807, 2.05) is 0 Å². The Morgan fingerprint density at radius 1 is 1.39 bits per heavy atom. The smallest absolute Gasteiger partial charge is 0.337 e. The predicted molar refractivity (Wildman–Crippen MR) is 69.2 cm³/mol. The monoisotopic (exact) mass is 271 g/mol. The molecule has 0 radical (unpaired) electrons. The van der Waals surface area contributed by atoms with Crippen molar-refractivity contribution in [1.29, 1.82) is 0 Å².